The zero-order chi connectivity index (χ0) is 19.0. The summed E-state index contributed by atoms with van der Waals surface area (Å²) in [5.41, 5.74) is 6.79. The molecule has 0 saturated carbocycles. The molecule has 0 aliphatic carbocycles. The van der Waals surface area contributed by atoms with Gasteiger partial charge in [0, 0.05) is 6.42 Å². The monoisotopic (exact) mass is 347 g/mol. The predicted molar refractivity (Wildman–Crippen MR) is 97.7 cm³/mol. The summed E-state index contributed by atoms with van der Waals surface area (Å²) in [5.74, 6) is -0.844. The van der Waals surface area contributed by atoms with Gasteiger partial charge >= 0.3 is 0 Å². The fourth-order valence-corrected chi connectivity index (χ4v) is 2.25. The Labute approximate surface area is 149 Å². The lowest BCUT2D eigenvalue weighted by Crippen LogP contribution is -2.55. The molecule has 138 valence electrons. The number of amides is 2. The maximum absolute atomic E-state index is 12.6. The summed E-state index contributed by atoms with van der Waals surface area (Å²) >= 11 is 0. The van der Waals surface area contributed by atoms with E-state index in [-0.39, 0.29) is 23.7 Å². The third-order valence-electron chi connectivity index (χ3n) is 4.11. The lowest BCUT2D eigenvalue weighted by Gasteiger charge is -2.24. The van der Waals surface area contributed by atoms with Crippen molar-refractivity contribution in [2.75, 3.05) is 0 Å². The summed E-state index contributed by atoms with van der Waals surface area (Å²) in [7, 11) is 0. The van der Waals surface area contributed by atoms with E-state index in [1.807, 2.05) is 58.0 Å². The number of nitrogens with one attached hydrogen (secondary N) is 2. The van der Waals surface area contributed by atoms with Crippen LogP contribution in [0, 0.1) is 11.8 Å². The van der Waals surface area contributed by atoms with Crippen LogP contribution in [-0.4, -0.2) is 36.2 Å². The largest absolute Gasteiger partial charge is 0.345 e. The molecule has 0 radical (unpaired) electrons. The van der Waals surface area contributed by atoms with E-state index >= 15 is 0 Å². The minimum Gasteiger partial charge on any atom is -0.345 e. The van der Waals surface area contributed by atoms with Crippen molar-refractivity contribution in [2.24, 2.45) is 17.6 Å². The second kappa shape index (κ2) is 9.93. The highest BCUT2D eigenvalue weighted by atomic mass is 16.2. The molecule has 4 N–H and O–H groups in total. The number of carbonyl (C=O) groups excluding carboxylic acids is 3. The standard InChI is InChI=1S/C19H29N3O3/c1-12(2)16(11-23)22-18(24)15(10-14-8-6-5-7-9-14)21-19(25)17(20)13(3)4/h5-9,11-13,15-17H,10,20H2,1-4H3,(H,21,25)(H,22,24)/t15-,16+,17-/m0/s1. The van der Waals surface area contributed by atoms with Crippen LogP contribution in [-0.2, 0) is 20.8 Å². The van der Waals surface area contributed by atoms with Gasteiger partial charge in [-0.25, -0.2) is 0 Å². The Balaban J connectivity index is 2.91. The van der Waals surface area contributed by atoms with Gasteiger partial charge in [0.05, 0.1) is 12.1 Å². The van der Waals surface area contributed by atoms with Crippen molar-refractivity contribution in [3.05, 3.63) is 35.9 Å². The molecule has 0 spiro atoms. The molecule has 0 saturated heterocycles. The molecule has 0 heterocycles. The van der Waals surface area contributed by atoms with Crippen LogP contribution in [0.25, 0.3) is 0 Å². The Bertz CT molecular complexity index is 573. The van der Waals surface area contributed by atoms with Crippen LogP contribution in [0.15, 0.2) is 30.3 Å². The Morgan fingerprint density at radius 2 is 1.60 bits per heavy atom. The van der Waals surface area contributed by atoms with Gasteiger partial charge in [0.25, 0.3) is 0 Å². The van der Waals surface area contributed by atoms with Crippen molar-refractivity contribution in [3.63, 3.8) is 0 Å². The van der Waals surface area contributed by atoms with Gasteiger partial charge in [0.15, 0.2) is 0 Å². The quantitative estimate of drug-likeness (QED) is 0.581. The van der Waals surface area contributed by atoms with E-state index < -0.39 is 18.1 Å². The predicted octanol–water partition coefficient (Wildman–Crippen LogP) is 1.04. The summed E-state index contributed by atoms with van der Waals surface area (Å²) in [5, 5.41) is 5.42. The molecule has 0 bridgehead atoms. The molecule has 1 aromatic carbocycles. The van der Waals surface area contributed by atoms with Crippen molar-refractivity contribution in [1.82, 2.24) is 10.6 Å². The van der Waals surface area contributed by atoms with Gasteiger partial charge in [-0.2, -0.15) is 0 Å². The first-order valence-electron chi connectivity index (χ1n) is 8.61. The molecule has 25 heavy (non-hydrogen) atoms. The summed E-state index contributed by atoms with van der Waals surface area (Å²) in [6.07, 6.45) is 1.04. The van der Waals surface area contributed by atoms with Crippen LogP contribution < -0.4 is 16.4 Å². The minimum atomic E-state index is -0.791. The van der Waals surface area contributed by atoms with Crippen LogP contribution in [0.3, 0.4) is 0 Å². The molecule has 1 aromatic rings. The fourth-order valence-electron chi connectivity index (χ4n) is 2.25. The maximum atomic E-state index is 12.6. The zero-order valence-electron chi connectivity index (χ0n) is 15.4. The van der Waals surface area contributed by atoms with Gasteiger partial charge in [-0.1, -0.05) is 58.0 Å². The van der Waals surface area contributed by atoms with Gasteiger partial charge in [0.2, 0.25) is 11.8 Å². The Morgan fingerprint density at radius 3 is 2.08 bits per heavy atom. The molecular weight excluding hydrogens is 318 g/mol. The highest BCUT2D eigenvalue weighted by Crippen LogP contribution is 2.07. The first kappa shape index (κ1) is 20.8. The van der Waals surface area contributed by atoms with E-state index in [2.05, 4.69) is 10.6 Å². The van der Waals surface area contributed by atoms with Crippen molar-refractivity contribution < 1.29 is 14.4 Å². The number of nitrogens with two attached hydrogens (primary N) is 1. The van der Waals surface area contributed by atoms with Crippen LogP contribution in [0.1, 0.15) is 33.3 Å². The van der Waals surface area contributed by atoms with Gasteiger partial charge in [-0.05, 0) is 17.4 Å². The molecular formula is C19H29N3O3. The van der Waals surface area contributed by atoms with Gasteiger partial charge in [-0.15, -0.1) is 0 Å². The first-order chi connectivity index (χ1) is 11.8. The normalized spacial score (nSPS) is 14.7. The van der Waals surface area contributed by atoms with Gasteiger partial charge < -0.3 is 21.2 Å². The number of carbonyl (C=O) groups is 3. The van der Waals surface area contributed by atoms with E-state index in [0.717, 1.165) is 5.56 Å². The highest BCUT2D eigenvalue weighted by molar-refractivity contribution is 5.91. The van der Waals surface area contributed by atoms with Crippen LogP contribution in [0.4, 0.5) is 0 Å². The second-order valence-corrected chi connectivity index (χ2v) is 6.94. The Morgan fingerprint density at radius 1 is 1.00 bits per heavy atom. The van der Waals surface area contributed by atoms with E-state index in [1.165, 1.54) is 0 Å². The minimum absolute atomic E-state index is 0.0348. The third kappa shape index (κ3) is 6.66. The molecule has 0 fully saturated rings. The first-order valence-corrected chi connectivity index (χ1v) is 8.61. The van der Waals surface area contributed by atoms with Crippen LogP contribution >= 0.6 is 0 Å². The lowest BCUT2D eigenvalue weighted by molar-refractivity contribution is -0.131. The number of aldehydes is 1. The second-order valence-electron chi connectivity index (χ2n) is 6.94. The summed E-state index contributed by atoms with van der Waals surface area (Å²) in [6.45, 7) is 7.38. The van der Waals surface area contributed by atoms with E-state index in [4.69, 9.17) is 5.73 Å². The maximum Gasteiger partial charge on any atom is 0.243 e. The van der Waals surface area contributed by atoms with E-state index in [0.29, 0.717) is 12.7 Å². The third-order valence-corrected chi connectivity index (χ3v) is 4.11. The zero-order valence-corrected chi connectivity index (χ0v) is 15.4. The average molecular weight is 347 g/mol. The molecule has 1 rings (SSSR count). The Kier molecular flexibility index (Phi) is 8.28. The van der Waals surface area contributed by atoms with Crippen molar-refractivity contribution in [2.45, 2.75) is 52.2 Å². The number of benzene rings is 1. The lowest BCUT2D eigenvalue weighted by atomic mass is 10.0. The number of hydrogen-bond acceptors (Lipinski definition) is 4. The topological polar surface area (TPSA) is 101 Å². The molecule has 0 aliphatic heterocycles. The smallest absolute Gasteiger partial charge is 0.243 e. The summed E-state index contributed by atoms with van der Waals surface area (Å²) in [4.78, 5) is 36.1. The SMILES string of the molecule is CC(C)[C@H](N)C(=O)N[C@@H](Cc1ccccc1)C(=O)N[C@H](C=O)C(C)C. The molecule has 2 amide bonds. The molecule has 6 heteroatoms. The molecule has 6 nitrogen and oxygen atoms in total. The van der Waals surface area contributed by atoms with Crippen molar-refractivity contribution >= 4 is 18.1 Å². The Hall–Kier alpha value is -2.21. The van der Waals surface area contributed by atoms with Gasteiger partial charge in [0.1, 0.15) is 12.3 Å². The number of rotatable bonds is 9. The summed E-state index contributed by atoms with van der Waals surface area (Å²) in [6, 6.07) is 7.30. The average Bonchev–Trinajstić information content (AvgIpc) is 2.58. The molecule has 3 atom stereocenters. The van der Waals surface area contributed by atoms with Crippen LogP contribution in [0.5, 0.6) is 0 Å². The molecule has 0 unspecified atom stereocenters. The number of hydrogen-bond donors (Lipinski definition) is 3. The van der Waals surface area contributed by atoms with Crippen LogP contribution in [0.2, 0.25) is 0 Å². The fraction of sp³-hybridized carbons (Fsp3) is 0.526. The van der Waals surface area contributed by atoms with Crippen molar-refractivity contribution in [1.29, 1.82) is 0 Å². The summed E-state index contributed by atoms with van der Waals surface area (Å²) < 4.78 is 0. The molecule has 0 aromatic heterocycles. The van der Waals surface area contributed by atoms with Crippen molar-refractivity contribution in [3.8, 4) is 0 Å². The van der Waals surface area contributed by atoms with Gasteiger partial charge in [-0.3, -0.25) is 9.59 Å². The van der Waals surface area contributed by atoms with E-state index in [1.54, 1.807) is 0 Å². The molecule has 0 aliphatic rings. The highest BCUT2D eigenvalue weighted by Gasteiger charge is 2.27. The van der Waals surface area contributed by atoms with E-state index in [9.17, 15) is 14.4 Å².